The summed E-state index contributed by atoms with van der Waals surface area (Å²) < 4.78 is 1.09. The lowest BCUT2D eigenvalue weighted by molar-refractivity contribution is -0.121. The highest BCUT2D eigenvalue weighted by atomic mass is 16.2. The van der Waals surface area contributed by atoms with Gasteiger partial charge in [-0.1, -0.05) is 31.2 Å². The van der Waals surface area contributed by atoms with E-state index in [9.17, 15) is 9.59 Å². The van der Waals surface area contributed by atoms with E-state index in [1.165, 1.54) is 0 Å². The van der Waals surface area contributed by atoms with Crippen LogP contribution in [0.3, 0.4) is 0 Å². The number of nitrogens with zero attached hydrogens (tertiary/aromatic N) is 3. The maximum atomic E-state index is 12.1. The second-order valence-corrected chi connectivity index (χ2v) is 5.10. The zero-order valence-corrected chi connectivity index (χ0v) is 11.7. The first-order chi connectivity index (χ1) is 9.58. The fraction of sp³-hybridized carbons (Fsp3) is 0.429. The number of hydrogen-bond acceptors (Lipinski definition) is 4. The summed E-state index contributed by atoms with van der Waals surface area (Å²) in [6.07, 6.45) is 0.907. The maximum absolute atomic E-state index is 12.1. The highest BCUT2D eigenvalue weighted by Gasteiger charge is 2.09. The zero-order valence-electron chi connectivity index (χ0n) is 11.7. The van der Waals surface area contributed by atoms with Crippen LogP contribution in [0.4, 0.5) is 0 Å². The highest BCUT2D eigenvalue weighted by molar-refractivity contribution is 5.78. The Kier molecular flexibility index (Phi) is 4.45. The minimum absolute atomic E-state index is 0.102. The summed E-state index contributed by atoms with van der Waals surface area (Å²) >= 11 is 0. The molecule has 1 aromatic heterocycles. The van der Waals surface area contributed by atoms with E-state index in [4.69, 9.17) is 0 Å². The summed E-state index contributed by atoms with van der Waals surface area (Å²) in [5, 5.41) is 11.0. The second kappa shape index (κ2) is 6.27. The lowest BCUT2D eigenvalue weighted by Gasteiger charge is -2.08. The lowest BCUT2D eigenvalue weighted by atomic mass is 10.1. The zero-order chi connectivity index (χ0) is 14.5. The largest absolute Gasteiger partial charge is 0.354 e. The Labute approximate surface area is 116 Å². The minimum Gasteiger partial charge on any atom is -0.354 e. The van der Waals surface area contributed by atoms with Gasteiger partial charge in [-0.05, 0) is 24.5 Å². The van der Waals surface area contributed by atoms with Crippen molar-refractivity contribution < 1.29 is 4.79 Å². The SMILES string of the molecule is CC(C)CCNC(=O)Cn1nnc2ccccc2c1=O. The van der Waals surface area contributed by atoms with Crippen LogP contribution in [0.5, 0.6) is 0 Å². The maximum Gasteiger partial charge on any atom is 0.278 e. The van der Waals surface area contributed by atoms with Gasteiger partial charge in [0.15, 0.2) is 0 Å². The average Bonchev–Trinajstić information content (AvgIpc) is 2.42. The van der Waals surface area contributed by atoms with E-state index in [1.807, 2.05) is 0 Å². The second-order valence-electron chi connectivity index (χ2n) is 5.10. The topological polar surface area (TPSA) is 76.9 Å². The molecular formula is C14H18N4O2. The standard InChI is InChI=1S/C14H18N4O2/c1-10(2)7-8-15-13(19)9-18-14(20)11-5-3-4-6-12(11)16-17-18/h3-6,10H,7-9H2,1-2H3,(H,15,19). The van der Waals surface area contributed by atoms with Gasteiger partial charge in [0.1, 0.15) is 12.1 Å². The lowest BCUT2D eigenvalue weighted by Crippen LogP contribution is -2.34. The van der Waals surface area contributed by atoms with E-state index in [2.05, 4.69) is 29.5 Å². The Balaban J connectivity index is 2.08. The summed E-state index contributed by atoms with van der Waals surface area (Å²) in [5.41, 5.74) is 0.239. The van der Waals surface area contributed by atoms with Crippen LogP contribution in [0.15, 0.2) is 29.1 Å². The molecule has 106 valence electrons. The fourth-order valence-corrected chi connectivity index (χ4v) is 1.82. The third-order valence-electron chi connectivity index (χ3n) is 2.97. The van der Waals surface area contributed by atoms with Crippen molar-refractivity contribution in [2.45, 2.75) is 26.8 Å². The molecule has 6 nitrogen and oxygen atoms in total. The fourth-order valence-electron chi connectivity index (χ4n) is 1.82. The number of amides is 1. The molecule has 0 fully saturated rings. The van der Waals surface area contributed by atoms with E-state index < -0.39 is 0 Å². The van der Waals surface area contributed by atoms with Gasteiger partial charge in [-0.25, -0.2) is 4.68 Å². The first kappa shape index (κ1) is 14.2. The molecule has 1 aromatic carbocycles. The van der Waals surface area contributed by atoms with Crippen LogP contribution in [0, 0.1) is 5.92 Å². The Morgan fingerprint density at radius 1 is 1.35 bits per heavy atom. The molecule has 0 aliphatic heterocycles. The van der Waals surface area contributed by atoms with Crippen molar-refractivity contribution in [3.8, 4) is 0 Å². The van der Waals surface area contributed by atoms with Gasteiger partial charge >= 0.3 is 0 Å². The summed E-state index contributed by atoms with van der Waals surface area (Å²) in [7, 11) is 0. The van der Waals surface area contributed by atoms with Crippen molar-refractivity contribution in [2.24, 2.45) is 5.92 Å². The Morgan fingerprint density at radius 2 is 2.10 bits per heavy atom. The molecule has 0 aliphatic rings. The highest BCUT2D eigenvalue weighted by Crippen LogP contribution is 2.03. The molecule has 6 heteroatoms. The van der Waals surface area contributed by atoms with Crippen LogP contribution < -0.4 is 10.9 Å². The minimum atomic E-state index is -0.297. The van der Waals surface area contributed by atoms with Crippen LogP contribution >= 0.6 is 0 Å². The molecule has 0 saturated carbocycles. The van der Waals surface area contributed by atoms with Crippen molar-refractivity contribution in [1.29, 1.82) is 0 Å². The molecule has 0 atom stereocenters. The quantitative estimate of drug-likeness (QED) is 0.880. The van der Waals surface area contributed by atoms with Crippen LogP contribution in [0.1, 0.15) is 20.3 Å². The van der Waals surface area contributed by atoms with Gasteiger partial charge in [-0.3, -0.25) is 9.59 Å². The summed E-state index contributed by atoms with van der Waals surface area (Å²) in [6, 6.07) is 6.95. The van der Waals surface area contributed by atoms with Crippen LogP contribution in [0.25, 0.3) is 10.9 Å². The number of carbonyl (C=O) groups is 1. The third-order valence-corrected chi connectivity index (χ3v) is 2.97. The molecule has 1 heterocycles. The predicted molar refractivity (Wildman–Crippen MR) is 76.3 cm³/mol. The Morgan fingerprint density at radius 3 is 2.85 bits per heavy atom. The molecule has 2 rings (SSSR count). The van der Waals surface area contributed by atoms with Crippen LogP contribution in [-0.4, -0.2) is 27.4 Å². The summed E-state index contributed by atoms with van der Waals surface area (Å²) in [6.45, 7) is 4.68. The average molecular weight is 274 g/mol. The van der Waals surface area contributed by atoms with Crippen molar-refractivity contribution in [3.63, 3.8) is 0 Å². The third kappa shape index (κ3) is 3.40. The number of fused-ring (bicyclic) bond motifs is 1. The normalized spacial score (nSPS) is 10.9. The molecule has 2 aromatic rings. The molecule has 0 aliphatic carbocycles. The van der Waals surface area contributed by atoms with Crippen molar-refractivity contribution >= 4 is 16.8 Å². The van der Waals surface area contributed by atoms with E-state index in [0.717, 1.165) is 11.1 Å². The number of carbonyl (C=O) groups excluding carboxylic acids is 1. The number of hydrogen-bond donors (Lipinski definition) is 1. The number of benzene rings is 1. The molecule has 0 saturated heterocycles. The molecule has 0 spiro atoms. The van der Waals surface area contributed by atoms with Crippen LogP contribution in [-0.2, 0) is 11.3 Å². The summed E-state index contributed by atoms with van der Waals surface area (Å²) in [4.78, 5) is 23.9. The Bertz CT molecular complexity index is 664. The number of nitrogens with one attached hydrogen (secondary N) is 1. The van der Waals surface area contributed by atoms with Gasteiger partial charge in [0.25, 0.3) is 5.56 Å². The van der Waals surface area contributed by atoms with Gasteiger partial charge in [0, 0.05) is 6.54 Å². The molecule has 1 amide bonds. The monoisotopic (exact) mass is 274 g/mol. The molecule has 0 radical (unpaired) electrons. The van der Waals surface area contributed by atoms with E-state index in [-0.39, 0.29) is 18.0 Å². The number of rotatable bonds is 5. The van der Waals surface area contributed by atoms with Gasteiger partial charge in [-0.2, -0.15) is 0 Å². The first-order valence-corrected chi connectivity index (χ1v) is 6.67. The Hall–Kier alpha value is -2.24. The smallest absolute Gasteiger partial charge is 0.278 e. The molecular weight excluding hydrogens is 256 g/mol. The molecule has 20 heavy (non-hydrogen) atoms. The van der Waals surface area contributed by atoms with Crippen LogP contribution in [0.2, 0.25) is 0 Å². The van der Waals surface area contributed by atoms with E-state index in [0.29, 0.717) is 23.4 Å². The van der Waals surface area contributed by atoms with E-state index >= 15 is 0 Å². The van der Waals surface area contributed by atoms with Gasteiger partial charge in [-0.15, -0.1) is 5.10 Å². The van der Waals surface area contributed by atoms with Gasteiger partial charge in [0.2, 0.25) is 5.91 Å². The van der Waals surface area contributed by atoms with Gasteiger partial charge in [0.05, 0.1) is 5.39 Å². The van der Waals surface area contributed by atoms with E-state index in [1.54, 1.807) is 24.3 Å². The molecule has 0 bridgehead atoms. The van der Waals surface area contributed by atoms with Crippen molar-refractivity contribution in [3.05, 3.63) is 34.6 Å². The number of aromatic nitrogens is 3. The molecule has 1 N–H and O–H groups in total. The van der Waals surface area contributed by atoms with Crippen molar-refractivity contribution in [1.82, 2.24) is 20.3 Å². The first-order valence-electron chi connectivity index (χ1n) is 6.67. The molecule has 0 unspecified atom stereocenters. The van der Waals surface area contributed by atoms with Crippen molar-refractivity contribution in [2.75, 3.05) is 6.54 Å². The predicted octanol–water partition coefficient (Wildman–Crippen LogP) is 0.954. The summed E-state index contributed by atoms with van der Waals surface area (Å²) in [5.74, 6) is 0.302. The van der Waals surface area contributed by atoms with Gasteiger partial charge < -0.3 is 5.32 Å².